The number of nitrogens with one attached hydrogen (secondary N) is 4. The average Bonchev–Trinajstić information content (AvgIpc) is 2.83. The number of amides is 4. The highest BCUT2D eigenvalue weighted by Crippen LogP contribution is 2.13. The van der Waals surface area contributed by atoms with Crippen molar-refractivity contribution in [2.24, 2.45) is 0 Å². The van der Waals surface area contributed by atoms with Gasteiger partial charge in [-0.2, -0.15) is 0 Å². The topological polar surface area (TPSA) is 155 Å². The number of aliphatic carboxylic acids is 1. The predicted octanol–water partition coefficient (Wildman–Crippen LogP) is 3.99. The van der Waals surface area contributed by atoms with Crippen LogP contribution in [0.3, 0.4) is 0 Å². The molecule has 0 aliphatic rings. The molecule has 0 radical (unpaired) electrons. The quantitative estimate of drug-likeness (QED) is 0.284. The first-order valence-corrected chi connectivity index (χ1v) is 11.8. The van der Waals surface area contributed by atoms with Gasteiger partial charge in [-0.1, -0.05) is 42.5 Å². The maximum absolute atomic E-state index is 12.2. The molecule has 2 rings (SSSR count). The van der Waals surface area contributed by atoms with Crippen molar-refractivity contribution in [3.8, 4) is 0 Å². The summed E-state index contributed by atoms with van der Waals surface area (Å²) in [5.41, 5.74) is 1.52. The van der Waals surface area contributed by atoms with Crippen LogP contribution in [0, 0.1) is 0 Å². The van der Waals surface area contributed by atoms with Crippen molar-refractivity contribution in [3.05, 3.63) is 65.7 Å². The van der Waals surface area contributed by atoms with E-state index < -0.39 is 35.8 Å². The second kappa shape index (κ2) is 14.3. The molecule has 0 fully saturated rings. The van der Waals surface area contributed by atoms with Gasteiger partial charge in [-0.15, -0.1) is 0 Å². The fourth-order valence-electron chi connectivity index (χ4n) is 3.05. The minimum atomic E-state index is -1.18. The molecule has 2 aromatic rings. The summed E-state index contributed by atoms with van der Waals surface area (Å²) in [5, 5.41) is 19.6. The van der Waals surface area contributed by atoms with Crippen LogP contribution in [0.4, 0.5) is 20.1 Å². The van der Waals surface area contributed by atoms with E-state index in [1.54, 1.807) is 45.0 Å². The summed E-state index contributed by atoms with van der Waals surface area (Å²) >= 11 is 0. The first kappa shape index (κ1) is 29.0. The van der Waals surface area contributed by atoms with Crippen LogP contribution in [0.5, 0.6) is 0 Å². The monoisotopic (exact) mass is 514 g/mol. The highest BCUT2D eigenvalue weighted by atomic mass is 16.6. The Kier molecular flexibility index (Phi) is 11.2. The Hall–Kier alpha value is -4.28. The van der Waals surface area contributed by atoms with Gasteiger partial charge in [-0.05, 0) is 56.9 Å². The molecule has 0 aromatic heterocycles. The first-order valence-electron chi connectivity index (χ1n) is 11.8. The molecule has 2 aromatic carbocycles. The zero-order valence-corrected chi connectivity index (χ0v) is 21.2. The zero-order chi connectivity index (χ0) is 27.3. The van der Waals surface area contributed by atoms with Gasteiger partial charge in [0.25, 0.3) is 0 Å². The molecule has 1 atom stereocenters. The summed E-state index contributed by atoms with van der Waals surface area (Å²) in [6, 6.07) is 14.2. The normalized spacial score (nSPS) is 11.5. The Morgan fingerprint density at radius 3 is 2.19 bits per heavy atom. The molecule has 5 N–H and O–H groups in total. The van der Waals surface area contributed by atoms with E-state index in [0.29, 0.717) is 12.1 Å². The van der Waals surface area contributed by atoms with E-state index in [9.17, 15) is 24.3 Å². The lowest BCUT2D eigenvalue weighted by molar-refractivity contribution is -0.139. The smallest absolute Gasteiger partial charge is 0.412 e. The largest absolute Gasteiger partial charge is 0.480 e. The Morgan fingerprint density at radius 1 is 0.892 bits per heavy atom. The van der Waals surface area contributed by atoms with Gasteiger partial charge in [0.2, 0.25) is 0 Å². The van der Waals surface area contributed by atoms with Crippen molar-refractivity contribution in [2.45, 2.75) is 58.4 Å². The number of rotatable bonds is 11. The van der Waals surface area contributed by atoms with Gasteiger partial charge in [0.15, 0.2) is 0 Å². The highest BCUT2D eigenvalue weighted by Gasteiger charge is 2.20. The summed E-state index contributed by atoms with van der Waals surface area (Å²) in [6.07, 6.45) is -0.734. The average molecular weight is 515 g/mol. The lowest BCUT2D eigenvalue weighted by Gasteiger charge is -2.19. The Bertz CT molecular complexity index is 1040. The molecule has 0 spiro atoms. The molecular formula is C26H34N4O7. The van der Waals surface area contributed by atoms with Crippen molar-refractivity contribution in [2.75, 3.05) is 11.9 Å². The van der Waals surface area contributed by atoms with Crippen LogP contribution < -0.4 is 21.3 Å². The van der Waals surface area contributed by atoms with E-state index in [1.165, 1.54) is 0 Å². The summed E-state index contributed by atoms with van der Waals surface area (Å²) in [5.74, 6) is -1.18. The fourth-order valence-corrected chi connectivity index (χ4v) is 3.05. The minimum absolute atomic E-state index is 0.118. The van der Waals surface area contributed by atoms with Crippen molar-refractivity contribution in [1.29, 1.82) is 0 Å². The molecular weight excluding hydrogens is 480 g/mol. The first-order chi connectivity index (χ1) is 17.5. The number of carboxylic acids is 1. The standard InChI is InChI=1S/C26H34N4O7/c1-26(2,3)37-25(35)29-20-13-11-18(12-14-20)16-28-23(33)30-21(22(31)32)10-7-15-27-24(34)36-17-19-8-5-4-6-9-19/h4-6,8-9,11-14,21H,7,10,15-17H2,1-3H3,(H,27,34)(H,29,35)(H,31,32)(H2,28,30,33). The van der Waals surface area contributed by atoms with Crippen LogP contribution in [0.2, 0.25) is 0 Å². The van der Waals surface area contributed by atoms with Crippen molar-refractivity contribution < 1.29 is 33.8 Å². The number of carbonyl (C=O) groups is 4. The van der Waals surface area contributed by atoms with Crippen LogP contribution in [0.25, 0.3) is 0 Å². The van der Waals surface area contributed by atoms with Crippen molar-refractivity contribution in [3.63, 3.8) is 0 Å². The Balaban J connectivity index is 1.67. The van der Waals surface area contributed by atoms with E-state index in [4.69, 9.17) is 9.47 Å². The van der Waals surface area contributed by atoms with Gasteiger partial charge in [-0.3, -0.25) is 5.32 Å². The number of alkyl carbamates (subject to hydrolysis) is 1. The van der Waals surface area contributed by atoms with Crippen LogP contribution in [0.15, 0.2) is 54.6 Å². The van der Waals surface area contributed by atoms with Gasteiger partial charge < -0.3 is 30.5 Å². The van der Waals surface area contributed by atoms with Crippen LogP contribution in [-0.2, 0) is 27.4 Å². The van der Waals surface area contributed by atoms with Gasteiger partial charge in [0.05, 0.1) is 0 Å². The second-order valence-electron chi connectivity index (χ2n) is 9.17. The third-order valence-electron chi connectivity index (χ3n) is 4.81. The molecule has 0 aliphatic heterocycles. The lowest BCUT2D eigenvalue weighted by Crippen LogP contribution is -2.46. The number of hydrogen-bond acceptors (Lipinski definition) is 6. The SMILES string of the molecule is CC(C)(C)OC(=O)Nc1ccc(CNC(=O)NC(CCCNC(=O)OCc2ccccc2)C(=O)O)cc1. The molecule has 37 heavy (non-hydrogen) atoms. The molecule has 11 heteroatoms. The molecule has 0 saturated carbocycles. The molecule has 4 amide bonds. The minimum Gasteiger partial charge on any atom is -0.480 e. The Morgan fingerprint density at radius 2 is 1.57 bits per heavy atom. The molecule has 0 aliphatic carbocycles. The summed E-state index contributed by atoms with van der Waals surface area (Å²) in [4.78, 5) is 47.3. The highest BCUT2D eigenvalue weighted by molar-refractivity contribution is 5.85. The van der Waals surface area contributed by atoms with E-state index in [0.717, 1.165) is 11.1 Å². The number of urea groups is 1. The van der Waals surface area contributed by atoms with Crippen LogP contribution in [-0.4, -0.2) is 47.5 Å². The van der Waals surface area contributed by atoms with E-state index in [-0.39, 0.29) is 26.1 Å². The van der Waals surface area contributed by atoms with E-state index in [2.05, 4.69) is 21.3 Å². The maximum Gasteiger partial charge on any atom is 0.412 e. The van der Waals surface area contributed by atoms with Gasteiger partial charge >= 0.3 is 24.2 Å². The second-order valence-corrected chi connectivity index (χ2v) is 9.17. The predicted molar refractivity (Wildman–Crippen MR) is 137 cm³/mol. The zero-order valence-electron chi connectivity index (χ0n) is 21.2. The van der Waals surface area contributed by atoms with Gasteiger partial charge in [0, 0.05) is 18.8 Å². The van der Waals surface area contributed by atoms with E-state index >= 15 is 0 Å². The molecule has 0 bridgehead atoms. The molecule has 0 saturated heterocycles. The summed E-state index contributed by atoms with van der Waals surface area (Å²) in [7, 11) is 0. The number of hydrogen-bond donors (Lipinski definition) is 5. The van der Waals surface area contributed by atoms with Crippen LogP contribution in [0.1, 0.15) is 44.7 Å². The third-order valence-corrected chi connectivity index (χ3v) is 4.81. The lowest BCUT2D eigenvalue weighted by atomic mass is 10.1. The van der Waals surface area contributed by atoms with Crippen LogP contribution >= 0.6 is 0 Å². The van der Waals surface area contributed by atoms with Gasteiger partial charge in [-0.25, -0.2) is 19.2 Å². The molecule has 1 unspecified atom stereocenters. The molecule has 0 heterocycles. The summed E-state index contributed by atoms with van der Waals surface area (Å²) in [6.45, 7) is 5.78. The number of carboxylic acid groups (broad SMARTS) is 1. The van der Waals surface area contributed by atoms with E-state index in [1.807, 2.05) is 30.3 Å². The number of anilines is 1. The van der Waals surface area contributed by atoms with Crippen molar-refractivity contribution in [1.82, 2.24) is 16.0 Å². The van der Waals surface area contributed by atoms with Gasteiger partial charge in [0.1, 0.15) is 18.2 Å². The summed E-state index contributed by atoms with van der Waals surface area (Å²) < 4.78 is 10.3. The number of benzene rings is 2. The fraction of sp³-hybridized carbons (Fsp3) is 0.385. The maximum atomic E-state index is 12.2. The third kappa shape index (κ3) is 12.3. The Labute approximate surface area is 215 Å². The molecule has 11 nitrogen and oxygen atoms in total. The number of ether oxygens (including phenoxy) is 2. The number of carbonyl (C=O) groups excluding carboxylic acids is 3. The molecule has 200 valence electrons. The van der Waals surface area contributed by atoms with Crippen molar-refractivity contribution >= 4 is 29.9 Å².